The van der Waals surface area contributed by atoms with Crippen molar-refractivity contribution >= 4 is 20.1 Å². The molecule has 42 valence electrons. The molecule has 7 heavy (non-hydrogen) atoms. The fourth-order valence-electron chi connectivity index (χ4n) is 0. The molecule has 0 saturated heterocycles. The average Bonchev–Trinajstić information content (AvgIpc) is 0.722. The van der Waals surface area contributed by atoms with Gasteiger partial charge in [0, 0.05) is 52.2 Å². The summed E-state index contributed by atoms with van der Waals surface area (Å²) in [6.07, 6.45) is 0. The van der Waals surface area contributed by atoms with E-state index in [-0.39, 0.29) is 52.2 Å². The van der Waals surface area contributed by atoms with Crippen molar-refractivity contribution in [1.82, 2.24) is 0 Å². The third kappa shape index (κ3) is 64.0. The molecule has 0 fully saturated rings. The molecule has 0 saturated carbocycles. The van der Waals surface area contributed by atoms with Gasteiger partial charge in [-0.15, -0.1) is 0 Å². The van der Waals surface area contributed by atoms with E-state index in [2.05, 4.69) is 0 Å². The molecule has 0 aliphatic heterocycles. The van der Waals surface area contributed by atoms with Crippen LogP contribution >= 0.6 is 0 Å². The molecule has 0 unspecified atom stereocenters. The minimum absolute atomic E-state index is 0. The van der Waals surface area contributed by atoms with E-state index in [1.165, 1.54) is 0 Å². The van der Waals surface area contributed by atoms with Gasteiger partial charge in [-0.05, 0) is 0 Å². The molecule has 0 aromatic carbocycles. The van der Waals surface area contributed by atoms with Crippen LogP contribution in [0.1, 0.15) is 0 Å². The van der Waals surface area contributed by atoms with Crippen LogP contribution in [-0.4, -0.2) is 30.2 Å². The Morgan fingerprint density at radius 2 is 1.14 bits per heavy atom. The van der Waals surface area contributed by atoms with Gasteiger partial charge in [-0.1, -0.05) is 0 Å². The Morgan fingerprint density at radius 1 is 1.14 bits per heavy atom. The molecule has 0 atom stereocenters. The Balaban J connectivity index is -0.0000000800. The first kappa shape index (κ1) is 16.1. The standard InChI is InChI=1S/3H2O.O.Sb.U.W/h3*1H2;;;;/q;;;;+3;;/p-3. The van der Waals surface area contributed by atoms with Crippen molar-refractivity contribution in [3.8, 4) is 0 Å². The van der Waals surface area contributed by atoms with Crippen molar-refractivity contribution in [3.63, 3.8) is 0 Å². The molecule has 0 aromatic rings. The van der Waals surface area contributed by atoms with E-state index < -0.39 is 20.1 Å². The Labute approximate surface area is 84.0 Å². The molecular weight excluding hydrogens is 608 g/mol. The zero-order valence-electron chi connectivity index (χ0n) is 3.11. The monoisotopic (exact) mass is 610 g/mol. The van der Waals surface area contributed by atoms with Crippen LogP contribution in [0.2, 0.25) is 0 Å². The Bertz CT molecular complexity index is 57.8. The summed E-state index contributed by atoms with van der Waals surface area (Å²) in [4.78, 5) is 0. The van der Waals surface area contributed by atoms with Crippen molar-refractivity contribution in [1.29, 1.82) is 0 Å². The number of hydrogen-bond acceptors (Lipinski definition) is 1. The van der Waals surface area contributed by atoms with E-state index in [0.717, 1.165) is 0 Å². The summed E-state index contributed by atoms with van der Waals surface area (Å²) in [6.45, 7) is 0. The van der Waals surface area contributed by atoms with Gasteiger partial charge < -0.3 is 0 Å². The van der Waals surface area contributed by atoms with Gasteiger partial charge in [0.05, 0.1) is 0 Å². The van der Waals surface area contributed by atoms with Crippen LogP contribution in [0.5, 0.6) is 0 Å². The van der Waals surface area contributed by atoms with Crippen LogP contribution in [-0.2, 0) is 24.1 Å². The molecule has 0 aliphatic carbocycles. The quantitative estimate of drug-likeness (QED) is 0.273. The third-order valence-corrected chi connectivity index (χ3v) is 0. The molecule has 0 aliphatic rings. The van der Waals surface area contributed by atoms with Gasteiger partial charge in [-0.2, -0.15) is 0 Å². The van der Waals surface area contributed by atoms with Crippen LogP contribution in [0, 0.1) is 31.1 Å². The Kier molecular flexibility index (Phi) is 14.6. The SMILES string of the molecule is [O]=[Sb]([OH])([OH])[OH].[U].[W]. The Morgan fingerprint density at radius 3 is 1.14 bits per heavy atom. The second-order valence-electron chi connectivity index (χ2n) is 0.513. The third-order valence-electron chi connectivity index (χ3n) is 0. The summed E-state index contributed by atoms with van der Waals surface area (Å²) in [5, 5.41) is 0. The maximum atomic E-state index is 8.97. The molecule has 4 nitrogen and oxygen atoms in total. The first-order chi connectivity index (χ1) is 2.00. The molecule has 0 heterocycles. The summed E-state index contributed by atoms with van der Waals surface area (Å²) in [7, 11) is 0. The van der Waals surface area contributed by atoms with Crippen molar-refractivity contribution < 1.29 is 65.4 Å². The van der Waals surface area contributed by atoms with Crippen molar-refractivity contribution in [2.45, 2.75) is 0 Å². The average molecular weight is 611 g/mol. The normalized spacial score (nSPS) is 8.43. The van der Waals surface area contributed by atoms with Gasteiger partial charge in [0.15, 0.2) is 0 Å². The van der Waals surface area contributed by atoms with Gasteiger partial charge in [0.1, 0.15) is 0 Å². The minimum atomic E-state index is -5.35. The van der Waals surface area contributed by atoms with E-state index in [1.807, 2.05) is 0 Å². The maximum absolute atomic E-state index is 8.97. The van der Waals surface area contributed by atoms with Gasteiger partial charge in [-0.3, -0.25) is 0 Å². The predicted molar refractivity (Wildman–Crippen MR) is 13.1 cm³/mol. The summed E-state index contributed by atoms with van der Waals surface area (Å²) < 4.78 is 30.8. The molecular formula is H3O4SbUW. The van der Waals surface area contributed by atoms with Gasteiger partial charge >= 0.3 is 33.2 Å². The first-order valence-corrected chi connectivity index (χ1v) is 5.25. The van der Waals surface area contributed by atoms with E-state index in [1.54, 1.807) is 0 Å². The summed E-state index contributed by atoms with van der Waals surface area (Å²) >= 11 is -5.35. The maximum Gasteiger partial charge on any atom is 0 e. The molecule has 0 spiro atoms. The largest absolute Gasteiger partial charge is 0 e. The van der Waals surface area contributed by atoms with Crippen LogP contribution in [0.4, 0.5) is 0 Å². The minimum Gasteiger partial charge on any atom is 0 e. The van der Waals surface area contributed by atoms with E-state index in [9.17, 15) is 0 Å². The number of rotatable bonds is 0. The zero-order valence-corrected chi connectivity index (χ0v) is 12.8. The van der Waals surface area contributed by atoms with E-state index in [4.69, 9.17) is 13.2 Å². The van der Waals surface area contributed by atoms with Crippen molar-refractivity contribution in [2.24, 2.45) is 0 Å². The zero-order chi connectivity index (χ0) is 4.50. The van der Waals surface area contributed by atoms with Crippen molar-refractivity contribution in [2.75, 3.05) is 0 Å². The molecule has 0 aromatic heterocycles. The van der Waals surface area contributed by atoms with Crippen LogP contribution < -0.4 is 0 Å². The van der Waals surface area contributed by atoms with Gasteiger partial charge in [0.2, 0.25) is 0 Å². The second-order valence-corrected chi connectivity index (χ2v) is 3.44. The van der Waals surface area contributed by atoms with Crippen LogP contribution in [0.15, 0.2) is 0 Å². The number of hydrogen-bond donors (Lipinski definition) is 3. The first-order valence-electron chi connectivity index (χ1n) is 0.783. The summed E-state index contributed by atoms with van der Waals surface area (Å²) in [6, 6.07) is 0. The predicted octanol–water partition coefficient (Wildman–Crippen LogP) is -2.17. The molecule has 7 heteroatoms. The fourth-order valence-corrected chi connectivity index (χ4v) is 0. The molecule has 0 radical (unpaired) electrons. The van der Waals surface area contributed by atoms with Gasteiger partial charge in [0.25, 0.3) is 0 Å². The molecule has 0 amide bonds. The van der Waals surface area contributed by atoms with Crippen molar-refractivity contribution in [3.05, 3.63) is 0 Å². The van der Waals surface area contributed by atoms with Gasteiger partial charge in [-0.25, -0.2) is 0 Å². The topological polar surface area (TPSA) is 77.8 Å². The summed E-state index contributed by atoms with van der Waals surface area (Å²) in [5.74, 6) is 0. The molecule has 0 rings (SSSR count). The fraction of sp³-hybridized carbons (Fsp3) is 0. The van der Waals surface area contributed by atoms with Crippen LogP contribution in [0.25, 0.3) is 0 Å². The van der Waals surface area contributed by atoms with E-state index in [0.29, 0.717) is 0 Å². The summed E-state index contributed by atoms with van der Waals surface area (Å²) in [5.41, 5.74) is 0. The van der Waals surface area contributed by atoms with Crippen LogP contribution in [0.3, 0.4) is 0 Å². The van der Waals surface area contributed by atoms with E-state index >= 15 is 0 Å². The molecule has 0 bridgehead atoms. The smallest absolute Gasteiger partial charge is 0 e. The molecule has 3 N–H and O–H groups in total. The Hall–Kier alpha value is 2.24. The second kappa shape index (κ2) is 6.36.